The molecule has 0 saturated heterocycles. The van der Waals surface area contributed by atoms with Crippen molar-refractivity contribution in [2.45, 2.75) is 30.9 Å². The zero-order valence-electron chi connectivity index (χ0n) is 20.7. The van der Waals surface area contributed by atoms with Gasteiger partial charge in [0.05, 0.1) is 37.3 Å². The molecule has 1 aliphatic carbocycles. The van der Waals surface area contributed by atoms with Crippen molar-refractivity contribution in [3.8, 4) is 34.1 Å². The van der Waals surface area contributed by atoms with Gasteiger partial charge in [0.1, 0.15) is 28.8 Å². The second-order valence-electron chi connectivity index (χ2n) is 8.89. The van der Waals surface area contributed by atoms with Crippen LogP contribution in [0.1, 0.15) is 41.4 Å². The van der Waals surface area contributed by atoms with Gasteiger partial charge < -0.3 is 9.47 Å². The summed E-state index contributed by atoms with van der Waals surface area (Å²) < 4.78 is 52.9. The van der Waals surface area contributed by atoms with Crippen LogP contribution in [0, 0.1) is 17.1 Å². The van der Waals surface area contributed by atoms with Crippen LogP contribution in [0.15, 0.2) is 41.8 Å². The summed E-state index contributed by atoms with van der Waals surface area (Å²) in [4.78, 5) is 4.75. The summed E-state index contributed by atoms with van der Waals surface area (Å²) in [7, 11) is -0.696. The fourth-order valence-electron chi connectivity index (χ4n) is 4.20. The van der Waals surface area contributed by atoms with Gasteiger partial charge in [-0.1, -0.05) is 12.1 Å². The third-order valence-electron chi connectivity index (χ3n) is 6.29. The molecule has 1 aliphatic rings. The number of ether oxygens (including phenoxy) is 2. The molecule has 12 heteroatoms. The van der Waals surface area contributed by atoms with Gasteiger partial charge in [0.25, 0.3) is 0 Å². The van der Waals surface area contributed by atoms with E-state index in [1.165, 1.54) is 37.7 Å². The first-order chi connectivity index (χ1) is 18.3. The lowest BCUT2D eigenvalue weighted by Crippen LogP contribution is -2.16. The van der Waals surface area contributed by atoms with E-state index in [9.17, 15) is 18.1 Å². The molecule has 2 aromatic heterocycles. The van der Waals surface area contributed by atoms with E-state index in [4.69, 9.17) is 14.5 Å². The van der Waals surface area contributed by atoms with E-state index in [2.05, 4.69) is 10.2 Å². The molecule has 2 aromatic carbocycles. The highest BCUT2D eigenvalue weighted by atomic mass is 32.2. The first-order valence-electron chi connectivity index (χ1n) is 11.8. The number of aryl methyl sites for hydroxylation is 1. The van der Waals surface area contributed by atoms with Crippen LogP contribution < -0.4 is 9.47 Å². The number of aromatic nitrogens is 4. The third-order valence-corrected chi connectivity index (χ3v) is 8.67. The monoisotopic (exact) mass is 553 g/mol. The second-order valence-corrected chi connectivity index (χ2v) is 11.9. The van der Waals surface area contributed by atoms with Crippen molar-refractivity contribution in [3.05, 3.63) is 70.2 Å². The molecule has 0 aliphatic heterocycles. The van der Waals surface area contributed by atoms with E-state index in [0.29, 0.717) is 39.5 Å². The number of hydrogen-bond donors (Lipinski definition) is 0. The molecule has 5 rings (SSSR count). The Morgan fingerprint density at radius 1 is 1.16 bits per heavy atom. The minimum atomic E-state index is -3.73. The quantitative estimate of drug-likeness (QED) is 0.282. The molecule has 0 atom stereocenters. The lowest BCUT2D eigenvalue weighted by Gasteiger charge is -2.17. The molecular weight excluding hydrogens is 529 g/mol. The summed E-state index contributed by atoms with van der Waals surface area (Å²) in [6.45, 7) is 0. The number of sulfone groups is 1. The summed E-state index contributed by atoms with van der Waals surface area (Å²) in [5, 5.41) is 20.5. The summed E-state index contributed by atoms with van der Waals surface area (Å²) in [5.41, 5.74) is 2.03. The van der Waals surface area contributed by atoms with E-state index < -0.39 is 21.4 Å². The van der Waals surface area contributed by atoms with Gasteiger partial charge in [0.15, 0.2) is 26.5 Å². The molecule has 0 radical (unpaired) electrons. The summed E-state index contributed by atoms with van der Waals surface area (Å²) >= 11 is 1.42. The smallest absolute Gasteiger partial charge is 0.197 e. The first kappa shape index (κ1) is 25.8. The fourth-order valence-corrected chi connectivity index (χ4v) is 6.32. The van der Waals surface area contributed by atoms with E-state index in [0.717, 1.165) is 24.6 Å². The molecule has 196 valence electrons. The predicted molar refractivity (Wildman–Crippen MR) is 140 cm³/mol. The highest BCUT2D eigenvalue weighted by molar-refractivity contribution is 7.90. The fraction of sp³-hybridized carbons (Fsp3) is 0.308. The molecule has 1 saturated carbocycles. The number of thiazole rings is 1. The number of nitriles is 1. The van der Waals surface area contributed by atoms with Crippen LogP contribution in [-0.4, -0.2) is 48.1 Å². The number of benzene rings is 2. The van der Waals surface area contributed by atoms with Gasteiger partial charge in [0.2, 0.25) is 0 Å². The average Bonchev–Trinajstić information content (AvgIpc) is 3.51. The topological polar surface area (TPSA) is 120 Å². The zero-order chi connectivity index (χ0) is 26.9. The zero-order valence-corrected chi connectivity index (χ0v) is 22.4. The second kappa shape index (κ2) is 10.5. The Kier molecular flexibility index (Phi) is 7.14. The van der Waals surface area contributed by atoms with Crippen molar-refractivity contribution < 1.29 is 22.3 Å². The van der Waals surface area contributed by atoms with Crippen LogP contribution >= 0.6 is 11.3 Å². The molecule has 0 bridgehead atoms. The van der Waals surface area contributed by atoms with Crippen molar-refractivity contribution in [2.24, 2.45) is 0 Å². The van der Waals surface area contributed by atoms with Crippen molar-refractivity contribution in [1.82, 2.24) is 19.7 Å². The Bertz CT molecular complexity index is 1620. The van der Waals surface area contributed by atoms with E-state index in [1.54, 1.807) is 22.8 Å². The summed E-state index contributed by atoms with van der Waals surface area (Å²) in [5.74, 6) is 0.674. The lowest BCUT2D eigenvalue weighted by atomic mass is 10.1. The first-order valence-corrected chi connectivity index (χ1v) is 14.5. The Hall–Kier alpha value is -3.82. The Labute approximate surface area is 223 Å². The van der Waals surface area contributed by atoms with Crippen LogP contribution in [-0.2, 0) is 22.0 Å². The largest absolute Gasteiger partial charge is 0.494 e. The van der Waals surface area contributed by atoms with Gasteiger partial charge in [-0.25, -0.2) is 17.8 Å². The molecule has 0 unspecified atom stereocenters. The van der Waals surface area contributed by atoms with E-state index in [1.807, 2.05) is 11.4 Å². The maximum absolute atomic E-state index is 13.5. The van der Waals surface area contributed by atoms with Crippen LogP contribution in [0.2, 0.25) is 0 Å². The van der Waals surface area contributed by atoms with Crippen molar-refractivity contribution in [1.29, 1.82) is 5.26 Å². The van der Waals surface area contributed by atoms with Crippen molar-refractivity contribution in [3.63, 3.8) is 0 Å². The van der Waals surface area contributed by atoms with E-state index >= 15 is 0 Å². The van der Waals surface area contributed by atoms with Crippen LogP contribution in [0.4, 0.5) is 4.39 Å². The summed E-state index contributed by atoms with van der Waals surface area (Å²) in [6.07, 6.45) is 2.25. The van der Waals surface area contributed by atoms with Gasteiger partial charge in [-0.15, -0.1) is 21.5 Å². The Morgan fingerprint density at radius 2 is 1.89 bits per heavy atom. The average molecular weight is 554 g/mol. The molecule has 0 amide bonds. The van der Waals surface area contributed by atoms with Gasteiger partial charge in [0, 0.05) is 11.3 Å². The van der Waals surface area contributed by atoms with Crippen LogP contribution in [0.5, 0.6) is 11.5 Å². The number of rotatable bonds is 10. The number of para-hydroxylation sites is 1. The van der Waals surface area contributed by atoms with Crippen LogP contribution in [0.25, 0.3) is 16.5 Å². The standard InChI is InChI=1S/C26H24FN5O4S2/c1-35-21-4-3-5-22(36-2)24(21)32-23(30-31-25(32)26-29-20(14-37-26)17-6-7-17)15-38(33,34)11-10-16-8-9-19(27)12-18(16)13-28/h3-5,8-9,12,14,17H,6-7,10-11,15H2,1-2H3. The van der Waals surface area contributed by atoms with Gasteiger partial charge in [-0.2, -0.15) is 5.26 Å². The lowest BCUT2D eigenvalue weighted by molar-refractivity contribution is 0.391. The normalized spacial score (nSPS) is 13.3. The molecule has 38 heavy (non-hydrogen) atoms. The summed E-state index contributed by atoms with van der Waals surface area (Å²) in [6, 6.07) is 10.9. The molecular formula is C26H24FN5O4S2. The Balaban J connectivity index is 1.53. The van der Waals surface area contributed by atoms with Crippen LogP contribution in [0.3, 0.4) is 0 Å². The number of nitrogens with zero attached hydrogens (tertiary/aromatic N) is 5. The highest BCUT2D eigenvalue weighted by Gasteiger charge is 2.30. The third kappa shape index (κ3) is 5.25. The maximum atomic E-state index is 13.5. The van der Waals surface area contributed by atoms with Gasteiger partial charge in [-0.3, -0.25) is 4.57 Å². The SMILES string of the molecule is COc1cccc(OC)c1-n1c(CS(=O)(=O)CCc2ccc(F)cc2C#N)nnc1-c1nc(C2CC2)cs1. The predicted octanol–water partition coefficient (Wildman–Crippen LogP) is 4.45. The molecule has 2 heterocycles. The van der Waals surface area contributed by atoms with Gasteiger partial charge >= 0.3 is 0 Å². The minimum absolute atomic E-state index is 0.0573. The highest BCUT2D eigenvalue weighted by Crippen LogP contribution is 2.42. The number of methoxy groups -OCH3 is 2. The molecule has 9 nitrogen and oxygen atoms in total. The van der Waals surface area contributed by atoms with Crippen molar-refractivity contribution in [2.75, 3.05) is 20.0 Å². The molecule has 1 fully saturated rings. The van der Waals surface area contributed by atoms with Crippen molar-refractivity contribution >= 4 is 21.2 Å². The molecule has 4 aromatic rings. The van der Waals surface area contributed by atoms with E-state index in [-0.39, 0.29) is 23.6 Å². The number of halogens is 1. The molecule has 0 N–H and O–H groups in total. The maximum Gasteiger partial charge on any atom is 0.197 e. The Morgan fingerprint density at radius 3 is 2.55 bits per heavy atom. The molecule has 0 spiro atoms. The number of hydrogen-bond acceptors (Lipinski definition) is 9. The van der Waals surface area contributed by atoms with Gasteiger partial charge in [-0.05, 0) is 49.1 Å². The minimum Gasteiger partial charge on any atom is -0.494 e.